The summed E-state index contributed by atoms with van der Waals surface area (Å²) < 4.78 is 5.61. The smallest absolute Gasteiger partial charge is 0.309 e. The molecule has 0 saturated carbocycles. The van der Waals surface area contributed by atoms with E-state index in [4.69, 9.17) is 4.74 Å². The van der Waals surface area contributed by atoms with Gasteiger partial charge < -0.3 is 20.5 Å². The number of allylic oxidation sites excluding steroid dienone is 2. The number of nitrogens with one attached hydrogen (secondary N) is 2. The average Bonchev–Trinajstić information content (AvgIpc) is 2.88. The van der Waals surface area contributed by atoms with Crippen LogP contribution in [0.2, 0.25) is 0 Å². The molecule has 1 aliphatic heterocycles. The van der Waals surface area contributed by atoms with Gasteiger partial charge in [-0.2, -0.15) is 0 Å². The first-order valence-electron chi connectivity index (χ1n) is 12.9. The highest BCUT2D eigenvalue weighted by atomic mass is 16.5. The Balaban J connectivity index is 1.67. The van der Waals surface area contributed by atoms with Gasteiger partial charge in [-0.1, -0.05) is 72.8 Å². The second-order valence-corrected chi connectivity index (χ2v) is 10.3. The minimum Gasteiger partial charge on any atom is -0.463 e. The molecule has 0 aliphatic carbocycles. The first-order chi connectivity index (χ1) is 17.8. The minimum absolute atomic E-state index is 0.00915. The monoisotopic (exact) mass is 506 g/mol. The molecule has 1 aliphatic rings. The number of carbonyl (C=O) groups excluding carboxylic acids is 3. The number of ether oxygens (including phenoxy) is 1. The maximum atomic E-state index is 13.1. The van der Waals surface area contributed by atoms with Crippen LogP contribution >= 0.6 is 0 Å². The summed E-state index contributed by atoms with van der Waals surface area (Å²) in [5.74, 6) is -1.78. The molecule has 0 radical (unpaired) electrons. The molecule has 0 spiro atoms. The number of aliphatic hydroxyl groups is 1. The van der Waals surface area contributed by atoms with E-state index in [2.05, 4.69) is 10.6 Å². The van der Waals surface area contributed by atoms with Gasteiger partial charge in [0.2, 0.25) is 11.8 Å². The van der Waals surface area contributed by atoms with Crippen LogP contribution in [0.1, 0.15) is 44.2 Å². The van der Waals surface area contributed by atoms with Gasteiger partial charge in [-0.25, -0.2) is 0 Å². The maximum Gasteiger partial charge on any atom is 0.309 e. The molecular formula is C30H38N2O5. The zero-order valence-corrected chi connectivity index (χ0v) is 21.7. The lowest BCUT2D eigenvalue weighted by Crippen LogP contribution is -2.50. The fourth-order valence-electron chi connectivity index (χ4n) is 4.38. The Bertz CT molecular complexity index is 1050. The van der Waals surface area contributed by atoms with Crippen molar-refractivity contribution in [2.45, 2.75) is 57.5 Å². The Morgan fingerprint density at radius 3 is 2.22 bits per heavy atom. The molecule has 0 aromatic heterocycles. The fraction of sp³-hybridized carbons (Fsp3) is 0.433. The number of cyclic esters (lactones) is 1. The van der Waals surface area contributed by atoms with E-state index in [-0.39, 0.29) is 43.3 Å². The zero-order chi connectivity index (χ0) is 26.7. The van der Waals surface area contributed by atoms with Crippen LogP contribution in [-0.2, 0) is 32.0 Å². The molecule has 1 heterocycles. The van der Waals surface area contributed by atoms with Crippen LogP contribution < -0.4 is 10.6 Å². The van der Waals surface area contributed by atoms with E-state index in [9.17, 15) is 19.5 Å². The number of hydrogen-bond acceptors (Lipinski definition) is 5. The van der Waals surface area contributed by atoms with Crippen molar-refractivity contribution in [3.63, 3.8) is 0 Å². The molecule has 3 rings (SSSR count). The van der Waals surface area contributed by atoms with Gasteiger partial charge in [0.25, 0.3) is 0 Å². The third kappa shape index (κ3) is 9.50. The number of amides is 2. The number of benzene rings is 2. The highest BCUT2D eigenvalue weighted by Gasteiger charge is 2.30. The van der Waals surface area contributed by atoms with Crippen molar-refractivity contribution in [1.82, 2.24) is 10.6 Å². The fourth-order valence-corrected chi connectivity index (χ4v) is 4.38. The predicted molar refractivity (Wildman–Crippen MR) is 142 cm³/mol. The molecule has 2 aromatic rings. The topological polar surface area (TPSA) is 105 Å². The summed E-state index contributed by atoms with van der Waals surface area (Å²) in [6.07, 6.45) is 5.66. The number of esters is 1. The Morgan fingerprint density at radius 2 is 1.59 bits per heavy atom. The van der Waals surface area contributed by atoms with E-state index < -0.39 is 17.5 Å². The van der Waals surface area contributed by atoms with E-state index in [1.807, 2.05) is 72.8 Å². The van der Waals surface area contributed by atoms with Crippen LogP contribution in [0, 0.1) is 11.8 Å². The molecule has 3 N–H and O–H groups in total. The summed E-state index contributed by atoms with van der Waals surface area (Å²) >= 11 is 0. The van der Waals surface area contributed by atoms with Gasteiger partial charge in [-0.3, -0.25) is 14.4 Å². The van der Waals surface area contributed by atoms with Gasteiger partial charge in [-0.05, 0) is 50.7 Å². The lowest BCUT2D eigenvalue weighted by atomic mass is 9.93. The summed E-state index contributed by atoms with van der Waals surface area (Å²) in [6.45, 7) is 3.43. The highest BCUT2D eigenvalue weighted by Crippen LogP contribution is 2.20. The van der Waals surface area contributed by atoms with Crippen LogP contribution in [0.25, 0.3) is 0 Å². The molecule has 7 nitrogen and oxygen atoms in total. The Morgan fingerprint density at radius 1 is 1.00 bits per heavy atom. The van der Waals surface area contributed by atoms with Crippen molar-refractivity contribution in [2.75, 3.05) is 13.2 Å². The third-order valence-electron chi connectivity index (χ3n) is 6.42. The van der Waals surface area contributed by atoms with Crippen molar-refractivity contribution in [2.24, 2.45) is 11.8 Å². The zero-order valence-electron chi connectivity index (χ0n) is 21.7. The lowest BCUT2D eigenvalue weighted by molar-refractivity contribution is -0.151. The number of carbonyl (C=O) groups is 3. The van der Waals surface area contributed by atoms with E-state index in [1.54, 1.807) is 13.8 Å². The summed E-state index contributed by atoms with van der Waals surface area (Å²) in [5, 5.41) is 15.6. The van der Waals surface area contributed by atoms with Gasteiger partial charge >= 0.3 is 5.97 Å². The van der Waals surface area contributed by atoms with E-state index >= 15 is 0 Å². The normalized spacial score (nSPS) is 21.1. The number of aliphatic hydroxyl groups excluding tert-OH is 1. The molecule has 7 heteroatoms. The van der Waals surface area contributed by atoms with E-state index in [0.717, 1.165) is 11.1 Å². The highest BCUT2D eigenvalue weighted by molar-refractivity contribution is 5.86. The van der Waals surface area contributed by atoms with Crippen molar-refractivity contribution in [3.05, 3.63) is 83.9 Å². The Kier molecular flexibility index (Phi) is 10.4. The minimum atomic E-state index is -0.789. The molecule has 3 atom stereocenters. The quantitative estimate of drug-likeness (QED) is 0.376. The molecule has 37 heavy (non-hydrogen) atoms. The summed E-state index contributed by atoms with van der Waals surface area (Å²) in [6, 6.07) is 19.0. The average molecular weight is 507 g/mol. The van der Waals surface area contributed by atoms with Crippen LogP contribution in [-0.4, -0.2) is 47.7 Å². The standard InChI is InChI=1S/C30H38N2O5/c1-30(2)21-37-29(36)25(17-22-11-5-3-6-12-22)16-10-9-15-24(28(35)32-30)19-27(34)31-26(20-33)18-23-13-7-4-8-14-23/h3-14,24-26,33H,15-21H2,1-2H3,(H,31,34)(H,32,35)/t24-,25-,26-/m1/s1. The largest absolute Gasteiger partial charge is 0.463 e. The molecule has 0 fully saturated rings. The SMILES string of the molecule is CC1(C)COC(=O)[C@@H](Cc2ccccc2)CC=CC[C@H](CC(=O)N[C@@H](CO)Cc2ccccc2)C(=O)N1. The van der Waals surface area contributed by atoms with E-state index in [1.165, 1.54) is 0 Å². The Labute approximate surface area is 219 Å². The van der Waals surface area contributed by atoms with E-state index in [0.29, 0.717) is 25.7 Å². The maximum absolute atomic E-state index is 13.1. The van der Waals surface area contributed by atoms with Gasteiger partial charge in [0.1, 0.15) is 6.61 Å². The second-order valence-electron chi connectivity index (χ2n) is 10.3. The molecule has 2 amide bonds. The first-order valence-corrected chi connectivity index (χ1v) is 12.9. The van der Waals surface area contributed by atoms with Gasteiger partial charge in [0.05, 0.1) is 30.0 Å². The Hall–Kier alpha value is -3.45. The van der Waals surface area contributed by atoms with Crippen molar-refractivity contribution < 1.29 is 24.2 Å². The summed E-state index contributed by atoms with van der Waals surface area (Å²) in [7, 11) is 0. The number of rotatable bonds is 8. The van der Waals surface area contributed by atoms with Crippen LogP contribution in [0.4, 0.5) is 0 Å². The second kappa shape index (κ2) is 13.7. The van der Waals surface area contributed by atoms with Gasteiger partial charge in [0.15, 0.2) is 0 Å². The predicted octanol–water partition coefficient (Wildman–Crippen LogP) is 3.36. The van der Waals surface area contributed by atoms with Gasteiger partial charge in [0, 0.05) is 6.42 Å². The molecule has 0 unspecified atom stereocenters. The van der Waals surface area contributed by atoms with Crippen LogP contribution in [0.3, 0.4) is 0 Å². The van der Waals surface area contributed by atoms with Crippen molar-refractivity contribution in [1.29, 1.82) is 0 Å². The molecule has 0 bridgehead atoms. The lowest BCUT2D eigenvalue weighted by Gasteiger charge is -2.29. The van der Waals surface area contributed by atoms with Gasteiger partial charge in [-0.15, -0.1) is 0 Å². The first kappa shape index (κ1) is 28.1. The van der Waals surface area contributed by atoms with Crippen molar-refractivity contribution >= 4 is 17.8 Å². The summed E-state index contributed by atoms with van der Waals surface area (Å²) in [4.78, 5) is 38.8. The molecular weight excluding hydrogens is 468 g/mol. The van der Waals surface area contributed by atoms with Crippen LogP contribution in [0.5, 0.6) is 0 Å². The van der Waals surface area contributed by atoms with Crippen LogP contribution in [0.15, 0.2) is 72.8 Å². The third-order valence-corrected chi connectivity index (χ3v) is 6.42. The molecule has 2 aromatic carbocycles. The molecule has 198 valence electrons. The van der Waals surface area contributed by atoms with Crippen molar-refractivity contribution in [3.8, 4) is 0 Å². The molecule has 0 saturated heterocycles. The number of hydrogen-bond donors (Lipinski definition) is 3. The summed E-state index contributed by atoms with van der Waals surface area (Å²) in [5.41, 5.74) is 1.28.